The van der Waals surface area contributed by atoms with E-state index in [1.54, 1.807) is 60.9 Å². The smallest absolute Gasteiger partial charge is 0.419 e. The van der Waals surface area contributed by atoms with E-state index in [0.29, 0.717) is 34.6 Å². The monoisotopic (exact) mass is 1010 g/mol. The average Bonchev–Trinajstić information content (AvgIpc) is 4.07. The molecule has 0 saturated carbocycles. The second-order valence-electron chi connectivity index (χ2n) is 16.9. The topological polar surface area (TPSA) is 222 Å². The molecular weight excluding hydrogens is 955 g/mol. The van der Waals surface area contributed by atoms with Gasteiger partial charge in [-0.1, -0.05) is 39.8 Å². The molecule has 384 valence electrons. The molecule has 6 rings (SSSR count). The van der Waals surface area contributed by atoms with E-state index in [4.69, 9.17) is 0 Å². The van der Waals surface area contributed by atoms with Crippen molar-refractivity contribution >= 4 is 35.4 Å². The molecule has 0 saturated heterocycles. The number of esters is 2. The van der Waals surface area contributed by atoms with Gasteiger partial charge in [-0.05, 0) is 72.2 Å². The quantitative estimate of drug-likeness (QED) is 0.0417. The van der Waals surface area contributed by atoms with Crippen molar-refractivity contribution in [1.82, 2.24) is 50.1 Å². The zero-order valence-corrected chi connectivity index (χ0v) is 40.1. The van der Waals surface area contributed by atoms with Crippen LogP contribution in [-0.2, 0) is 31.4 Å². The Labute approximate surface area is 410 Å². The first-order valence-corrected chi connectivity index (χ1v) is 22.4. The summed E-state index contributed by atoms with van der Waals surface area (Å²) in [6, 6.07) is 13.0. The Morgan fingerprint density at radius 1 is 0.542 bits per heavy atom. The first-order valence-electron chi connectivity index (χ1n) is 22.4. The molecule has 2 atom stereocenters. The SMILES string of the molecule is COC(=O)CCNC(=O)c1ccc(N[C@@H](CC(C)C)c2ccc(-n3cc(C(F)(F)F)cn3)nc2)nc1.COC(=O)CCNC(=O)c1ccc(N[C@H](CC(C)C)c2ccc(-n3cc(C(F)(F)F)cn3)nc2)nc1. The zero-order chi connectivity index (χ0) is 52.6. The second-order valence-corrected chi connectivity index (χ2v) is 16.9. The largest absolute Gasteiger partial charge is 0.469 e. The molecule has 0 aliphatic rings. The van der Waals surface area contributed by atoms with Crippen LogP contribution in [0.25, 0.3) is 11.6 Å². The minimum absolute atomic E-state index is 0.0723. The van der Waals surface area contributed by atoms with E-state index in [2.05, 4.69) is 88.6 Å². The lowest BCUT2D eigenvalue weighted by atomic mass is 9.98. The molecule has 0 aliphatic carbocycles. The standard InChI is InChI=1S/2C24H27F3N6O3/c2*1-15(2)10-19(16-5-7-21(30-11-16)33-14-18(13-31-33)24(25,26)27)32-20-6-4-17(12-29-20)23(35)28-9-8-22(34)36-3/h2*4-7,11-15,19H,8-10H2,1-3H3,(H,28,35)(H,29,32)/t2*19-/m10/s1. The van der Waals surface area contributed by atoms with Gasteiger partial charge in [0, 0.05) is 50.3 Å². The van der Waals surface area contributed by atoms with Crippen LogP contribution in [0.15, 0.2) is 98.1 Å². The summed E-state index contributed by atoms with van der Waals surface area (Å²) >= 11 is 0. The van der Waals surface area contributed by atoms with Gasteiger partial charge in [0.2, 0.25) is 0 Å². The number of hydrogen-bond donors (Lipinski definition) is 4. The fourth-order valence-corrected chi connectivity index (χ4v) is 6.72. The molecule has 0 aliphatic heterocycles. The summed E-state index contributed by atoms with van der Waals surface area (Å²) in [5.74, 6) is 0.703. The van der Waals surface area contributed by atoms with Crippen LogP contribution in [0.2, 0.25) is 0 Å². The Morgan fingerprint density at radius 2 is 0.931 bits per heavy atom. The van der Waals surface area contributed by atoms with Crippen LogP contribution in [0.3, 0.4) is 0 Å². The number of ether oxygens (including phenoxy) is 2. The van der Waals surface area contributed by atoms with Gasteiger partial charge in [-0.15, -0.1) is 0 Å². The molecule has 6 aromatic heterocycles. The van der Waals surface area contributed by atoms with E-state index >= 15 is 0 Å². The summed E-state index contributed by atoms with van der Waals surface area (Å²) in [5, 5.41) is 19.4. The van der Waals surface area contributed by atoms with Gasteiger partial charge < -0.3 is 30.7 Å². The van der Waals surface area contributed by atoms with Crippen LogP contribution in [0.5, 0.6) is 0 Å². The van der Waals surface area contributed by atoms with Crippen LogP contribution in [0, 0.1) is 11.8 Å². The number of aromatic nitrogens is 8. The highest BCUT2D eigenvalue weighted by molar-refractivity contribution is 5.94. The molecule has 6 heterocycles. The maximum absolute atomic E-state index is 12.9. The number of nitrogens with zero attached hydrogens (tertiary/aromatic N) is 8. The van der Waals surface area contributed by atoms with Crippen LogP contribution in [-0.4, -0.2) is 90.6 Å². The highest BCUT2D eigenvalue weighted by Gasteiger charge is 2.33. The lowest BCUT2D eigenvalue weighted by Gasteiger charge is -2.22. The van der Waals surface area contributed by atoms with Crippen molar-refractivity contribution in [1.29, 1.82) is 0 Å². The molecule has 6 aromatic rings. The van der Waals surface area contributed by atoms with Crippen LogP contribution < -0.4 is 21.3 Å². The van der Waals surface area contributed by atoms with Crippen molar-refractivity contribution in [2.45, 2.75) is 77.8 Å². The predicted molar refractivity (Wildman–Crippen MR) is 251 cm³/mol. The summed E-state index contributed by atoms with van der Waals surface area (Å²) < 4.78 is 88.4. The maximum atomic E-state index is 12.9. The summed E-state index contributed by atoms with van der Waals surface area (Å²) in [6.45, 7) is 8.56. The summed E-state index contributed by atoms with van der Waals surface area (Å²) in [5.41, 5.74) is 0.631. The van der Waals surface area contributed by atoms with Gasteiger partial charge in [-0.2, -0.15) is 36.5 Å². The van der Waals surface area contributed by atoms with E-state index in [1.807, 2.05) is 0 Å². The van der Waals surface area contributed by atoms with E-state index in [9.17, 15) is 45.5 Å². The van der Waals surface area contributed by atoms with Crippen LogP contribution >= 0.6 is 0 Å². The predicted octanol–water partition coefficient (Wildman–Crippen LogP) is 8.35. The summed E-state index contributed by atoms with van der Waals surface area (Å²) in [7, 11) is 2.56. The zero-order valence-electron chi connectivity index (χ0n) is 40.1. The molecule has 0 fully saturated rings. The minimum Gasteiger partial charge on any atom is -0.469 e. The molecule has 0 aromatic carbocycles. The number of carbonyl (C=O) groups is 4. The Balaban J connectivity index is 0.000000267. The number of anilines is 2. The van der Waals surface area contributed by atoms with Crippen molar-refractivity contribution in [3.05, 3.63) is 131 Å². The fourth-order valence-electron chi connectivity index (χ4n) is 6.72. The fraction of sp³-hybridized carbons (Fsp3) is 0.375. The third kappa shape index (κ3) is 16.6. The van der Waals surface area contributed by atoms with Crippen molar-refractivity contribution in [3.8, 4) is 11.6 Å². The Morgan fingerprint density at radius 3 is 1.21 bits per heavy atom. The van der Waals surface area contributed by atoms with Crippen LogP contribution in [0.1, 0.15) is 108 Å². The number of alkyl halides is 6. The summed E-state index contributed by atoms with van der Waals surface area (Å²) in [6.07, 6.45) is 2.00. The normalized spacial score (nSPS) is 12.3. The van der Waals surface area contributed by atoms with Gasteiger partial charge in [0.25, 0.3) is 11.8 Å². The Kier molecular flexibility index (Phi) is 19.3. The Hall–Kier alpha value is -7.92. The van der Waals surface area contributed by atoms with Gasteiger partial charge in [-0.25, -0.2) is 29.3 Å². The number of hydrogen-bond acceptors (Lipinski definition) is 14. The van der Waals surface area contributed by atoms with Gasteiger partial charge in [0.15, 0.2) is 11.6 Å². The van der Waals surface area contributed by atoms with Crippen molar-refractivity contribution in [2.24, 2.45) is 11.8 Å². The highest BCUT2D eigenvalue weighted by Crippen LogP contribution is 2.31. The third-order valence-corrected chi connectivity index (χ3v) is 10.4. The number of amides is 2. The molecule has 24 heteroatoms. The molecule has 4 N–H and O–H groups in total. The van der Waals surface area contributed by atoms with Gasteiger partial charge in [-0.3, -0.25) is 19.2 Å². The van der Waals surface area contributed by atoms with Gasteiger partial charge in [0.05, 0.1) is 73.8 Å². The molecule has 2 amide bonds. The van der Waals surface area contributed by atoms with Crippen LogP contribution in [0.4, 0.5) is 38.0 Å². The first-order chi connectivity index (χ1) is 34.1. The number of rotatable bonds is 20. The van der Waals surface area contributed by atoms with Crippen molar-refractivity contribution in [3.63, 3.8) is 0 Å². The van der Waals surface area contributed by atoms with Gasteiger partial charge >= 0.3 is 24.3 Å². The molecule has 72 heavy (non-hydrogen) atoms. The summed E-state index contributed by atoms with van der Waals surface area (Å²) in [4.78, 5) is 64.0. The Bertz CT molecular complexity index is 2510. The molecule has 0 unspecified atom stereocenters. The molecule has 0 radical (unpaired) electrons. The van der Waals surface area contributed by atoms with E-state index < -0.39 is 35.4 Å². The van der Waals surface area contributed by atoms with E-state index in [0.717, 1.165) is 58.1 Å². The molecular formula is C48H54F6N12O6. The maximum Gasteiger partial charge on any atom is 0.419 e. The highest BCUT2D eigenvalue weighted by atomic mass is 19.4. The minimum atomic E-state index is -4.48. The second kappa shape index (κ2) is 25.3. The lowest BCUT2D eigenvalue weighted by Crippen LogP contribution is -2.26. The van der Waals surface area contributed by atoms with Crippen molar-refractivity contribution < 1.29 is 55.0 Å². The number of pyridine rings is 4. The van der Waals surface area contributed by atoms with E-state index in [-0.39, 0.29) is 61.5 Å². The molecule has 18 nitrogen and oxygen atoms in total. The van der Waals surface area contributed by atoms with Crippen molar-refractivity contribution in [2.75, 3.05) is 37.9 Å². The first kappa shape index (κ1) is 55.0. The number of nitrogens with one attached hydrogen (secondary N) is 4. The third-order valence-electron chi connectivity index (χ3n) is 10.4. The molecule has 0 spiro atoms. The average molecular weight is 1010 g/mol. The van der Waals surface area contributed by atoms with E-state index in [1.165, 1.54) is 26.6 Å². The number of carbonyl (C=O) groups excluding carboxylic acids is 4. The number of methoxy groups -OCH3 is 2. The number of halogens is 6. The lowest BCUT2D eigenvalue weighted by molar-refractivity contribution is -0.141. The molecule has 0 bridgehead atoms. The van der Waals surface area contributed by atoms with Gasteiger partial charge in [0.1, 0.15) is 11.6 Å².